The number of urea groups is 1. The van der Waals surface area contributed by atoms with Gasteiger partial charge in [0.05, 0.1) is 12.5 Å². The SMILES string of the molecule is Cc1ccc(C2CN(C3CC(C(=O)O)C3)C(=O)N2)o1. The molecule has 102 valence electrons. The third kappa shape index (κ3) is 2.07. The van der Waals surface area contributed by atoms with Crippen LogP contribution in [0, 0.1) is 12.8 Å². The standard InChI is InChI=1S/C13H16N2O4/c1-7-2-3-11(19-7)10-6-15(13(18)14-10)9-4-8(5-9)12(16)17/h2-3,8-10H,4-6H2,1H3,(H,14,18)(H,16,17). The zero-order chi connectivity index (χ0) is 13.6. The lowest BCUT2D eigenvalue weighted by Gasteiger charge is -2.38. The largest absolute Gasteiger partial charge is 0.481 e. The summed E-state index contributed by atoms with van der Waals surface area (Å²) in [7, 11) is 0. The molecule has 0 aromatic carbocycles. The average Bonchev–Trinajstić information content (AvgIpc) is 2.83. The number of amides is 2. The van der Waals surface area contributed by atoms with Gasteiger partial charge >= 0.3 is 12.0 Å². The number of carboxylic acids is 1. The molecule has 1 aliphatic carbocycles. The molecule has 1 unspecified atom stereocenters. The first-order chi connectivity index (χ1) is 9.04. The van der Waals surface area contributed by atoms with E-state index in [0.717, 1.165) is 11.5 Å². The van der Waals surface area contributed by atoms with Crippen LogP contribution in [-0.2, 0) is 4.79 Å². The van der Waals surface area contributed by atoms with E-state index in [1.165, 1.54) is 0 Å². The van der Waals surface area contributed by atoms with Gasteiger partial charge in [-0.05, 0) is 31.9 Å². The van der Waals surface area contributed by atoms with Crippen LogP contribution >= 0.6 is 0 Å². The van der Waals surface area contributed by atoms with E-state index in [-0.39, 0.29) is 24.0 Å². The summed E-state index contributed by atoms with van der Waals surface area (Å²) in [4.78, 5) is 24.4. The van der Waals surface area contributed by atoms with Gasteiger partial charge in [0.25, 0.3) is 0 Å². The predicted octanol–water partition coefficient (Wildman–Crippen LogP) is 1.52. The summed E-state index contributed by atoms with van der Waals surface area (Å²) in [5.41, 5.74) is 0. The van der Waals surface area contributed by atoms with Crippen molar-refractivity contribution in [3.05, 3.63) is 23.7 Å². The summed E-state index contributed by atoms with van der Waals surface area (Å²) >= 11 is 0. The van der Waals surface area contributed by atoms with Gasteiger partial charge in [-0.1, -0.05) is 0 Å². The number of carbonyl (C=O) groups is 2. The normalized spacial score (nSPS) is 30.1. The highest BCUT2D eigenvalue weighted by Crippen LogP contribution is 2.35. The quantitative estimate of drug-likeness (QED) is 0.867. The molecule has 2 heterocycles. The number of carbonyl (C=O) groups excluding carboxylic acids is 1. The minimum atomic E-state index is -0.769. The molecule has 1 aliphatic heterocycles. The molecule has 0 bridgehead atoms. The molecule has 1 aromatic rings. The molecule has 6 nitrogen and oxygen atoms in total. The Morgan fingerprint density at radius 2 is 2.21 bits per heavy atom. The molecular formula is C13H16N2O4. The number of furan rings is 1. The third-order valence-corrected chi connectivity index (χ3v) is 3.95. The first-order valence-electron chi connectivity index (χ1n) is 6.41. The smallest absolute Gasteiger partial charge is 0.318 e. The molecule has 1 atom stereocenters. The van der Waals surface area contributed by atoms with E-state index in [1.807, 2.05) is 19.1 Å². The summed E-state index contributed by atoms with van der Waals surface area (Å²) in [6, 6.07) is 3.51. The zero-order valence-electron chi connectivity index (χ0n) is 10.6. The van der Waals surface area contributed by atoms with E-state index in [2.05, 4.69) is 5.32 Å². The monoisotopic (exact) mass is 264 g/mol. The Morgan fingerprint density at radius 3 is 2.79 bits per heavy atom. The first kappa shape index (κ1) is 12.1. The van der Waals surface area contributed by atoms with E-state index in [0.29, 0.717) is 19.4 Å². The van der Waals surface area contributed by atoms with Crippen LogP contribution in [0.2, 0.25) is 0 Å². The molecule has 2 fully saturated rings. The minimum absolute atomic E-state index is 0.0437. The summed E-state index contributed by atoms with van der Waals surface area (Å²) in [5.74, 6) is 0.497. The Kier molecular flexibility index (Phi) is 2.73. The van der Waals surface area contributed by atoms with Crippen molar-refractivity contribution in [2.24, 2.45) is 5.92 Å². The highest BCUT2D eigenvalue weighted by Gasteiger charge is 2.44. The number of carboxylic acid groups (broad SMARTS) is 1. The predicted molar refractivity (Wildman–Crippen MR) is 65.6 cm³/mol. The molecule has 2 N–H and O–H groups in total. The van der Waals surface area contributed by atoms with Gasteiger partial charge in [-0.2, -0.15) is 0 Å². The minimum Gasteiger partial charge on any atom is -0.481 e. The second kappa shape index (κ2) is 4.29. The molecule has 2 amide bonds. The number of nitrogens with zero attached hydrogens (tertiary/aromatic N) is 1. The van der Waals surface area contributed by atoms with Crippen LogP contribution in [0.5, 0.6) is 0 Å². The van der Waals surface area contributed by atoms with Crippen molar-refractivity contribution < 1.29 is 19.1 Å². The van der Waals surface area contributed by atoms with Crippen molar-refractivity contribution in [1.29, 1.82) is 0 Å². The summed E-state index contributed by atoms with van der Waals surface area (Å²) in [6.07, 6.45) is 1.10. The van der Waals surface area contributed by atoms with Gasteiger partial charge in [0.2, 0.25) is 0 Å². The lowest BCUT2D eigenvalue weighted by molar-refractivity contribution is -0.146. The van der Waals surface area contributed by atoms with Gasteiger partial charge in [0.15, 0.2) is 0 Å². The number of aryl methyl sites for hydroxylation is 1. The highest BCUT2D eigenvalue weighted by atomic mass is 16.4. The molecule has 1 saturated heterocycles. The van der Waals surface area contributed by atoms with Gasteiger partial charge in [-0.25, -0.2) is 4.79 Å². The van der Waals surface area contributed by atoms with Gasteiger partial charge in [-0.15, -0.1) is 0 Å². The summed E-state index contributed by atoms with van der Waals surface area (Å²) in [5, 5.41) is 11.7. The average molecular weight is 264 g/mol. The van der Waals surface area contributed by atoms with Gasteiger partial charge in [0.1, 0.15) is 17.6 Å². The molecule has 19 heavy (non-hydrogen) atoms. The van der Waals surface area contributed by atoms with Crippen LogP contribution in [0.3, 0.4) is 0 Å². The molecule has 6 heteroatoms. The third-order valence-electron chi connectivity index (χ3n) is 3.95. The fraction of sp³-hybridized carbons (Fsp3) is 0.538. The van der Waals surface area contributed by atoms with Crippen LogP contribution in [0.1, 0.15) is 30.4 Å². The number of aliphatic carboxylic acids is 1. The second-order valence-electron chi connectivity index (χ2n) is 5.26. The van der Waals surface area contributed by atoms with Crippen molar-refractivity contribution in [2.75, 3.05) is 6.54 Å². The number of hydrogen-bond donors (Lipinski definition) is 2. The molecule has 2 aliphatic rings. The van der Waals surface area contributed by atoms with Crippen LogP contribution in [0.4, 0.5) is 4.79 Å². The maximum absolute atomic E-state index is 11.9. The first-order valence-corrected chi connectivity index (χ1v) is 6.41. The Hall–Kier alpha value is -1.98. The van der Waals surface area contributed by atoms with Crippen LogP contribution < -0.4 is 5.32 Å². The number of nitrogens with one attached hydrogen (secondary N) is 1. The van der Waals surface area contributed by atoms with Gasteiger partial charge in [0, 0.05) is 6.04 Å². The molecule has 0 radical (unpaired) electrons. The molecule has 3 rings (SSSR count). The Labute approximate surface area is 110 Å². The van der Waals surface area contributed by atoms with Crippen molar-refractivity contribution in [1.82, 2.24) is 10.2 Å². The fourth-order valence-corrected chi connectivity index (χ4v) is 2.72. The number of hydrogen-bond acceptors (Lipinski definition) is 3. The summed E-state index contributed by atoms with van der Waals surface area (Å²) < 4.78 is 5.52. The number of rotatable bonds is 3. The van der Waals surface area contributed by atoms with E-state index in [4.69, 9.17) is 9.52 Å². The van der Waals surface area contributed by atoms with E-state index in [1.54, 1.807) is 4.90 Å². The fourth-order valence-electron chi connectivity index (χ4n) is 2.72. The van der Waals surface area contributed by atoms with Crippen molar-refractivity contribution in [2.45, 2.75) is 31.8 Å². The van der Waals surface area contributed by atoms with Crippen molar-refractivity contribution in [3.8, 4) is 0 Å². The Balaban J connectivity index is 1.63. The van der Waals surface area contributed by atoms with E-state index >= 15 is 0 Å². The highest BCUT2D eigenvalue weighted by molar-refractivity contribution is 5.78. The Morgan fingerprint density at radius 1 is 1.47 bits per heavy atom. The van der Waals surface area contributed by atoms with Gasteiger partial charge < -0.3 is 19.7 Å². The lowest BCUT2D eigenvalue weighted by atomic mass is 9.79. The lowest BCUT2D eigenvalue weighted by Crippen LogP contribution is -2.48. The van der Waals surface area contributed by atoms with Crippen LogP contribution in [-0.4, -0.2) is 34.6 Å². The van der Waals surface area contributed by atoms with E-state index in [9.17, 15) is 9.59 Å². The van der Waals surface area contributed by atoms with Crippen molar-refractivity contribution >= 4 is 12.0 Å². The molecule has 1 aromatic heterocycles. The second-order valence-corrected chi connectivity index (χ2v) is 5.26. The Bertz CT molecular complexity index is 518. The van der Waals surface area contributed by atoms with Crippen LogP contribution in [0.15, 0.2) is 16.5 Å². The van der Waals surface area contributed by atoms with Gasteiger partial charge in [-0.3, -0.25) is 4.79 Å². The topological polar surface area (TPSA) is 82.8 Å². The molecular weight excluding hydrogens is 248 g/mol. The molecule has 0 spiro atoms. The molecule has 1 saturated carbocycles. The maximum atomic E-state index is 11.9. The van der Waals surface area contributed by atoms with E-state index < -0.39 is 5.97 Å². The maximum Gasteiger partial charge on any atom is 0.318 e. The van der Waals surface area contributed by atoms with Crippen LogP contribution in [0.25, 0.3) is 0 Å². The zero-order valence-corrected chi connectivity index (χ0v) is 10.6. The van der Waals surface area contributed by atoms with Crippen molar-refractivity contribution in [3.63, 3.8) is 0 Å². The summed E-state index contributed by atoms with van der Waals surface area (Å²) in [6.45, 7) is 2.41.